The number of aromatic hydroxyl groups is 1. The van der Waals surface area contributed by atoms with Gasteiger partial charge in [-0.3, -0.25) is 14.4 Å². The Hall–Kier alpha value is -3.68. The lowest BCUT2D eigenvalue weighted by molar-refractivity contribution is -0.105. The van der Waals surface area contributed by atoms with Crippen LogP contribution in [0.1, 0.15) is 47.7 Å². The zero-order valence-corrected chi connectivity index (χ0v) is 16.7. The van der Waals surface area contributed by atoms with Crippen molar-refractivity contribution in [1.82, 2.24) is 15.5 Å². The number of H-pyrrole nitrogens is 1. The van der Waals surface area contributed by atoms with Crippen molar-refractivity contribution < 1.29 is 14.7 Å². The van der Waals surface area contributed by atoms with E-state index in [2.05, 4.69) is 20.8 Å². The fourth-order valence-electron chi connectivity index (χ4n) is 5.17. The quantitative estimate of drug-likeness (QED) is 0.375. The second kappa shape index (κ2) is 7.23. The fourth-order valence-corrected chi connectivity index (χ4v) is 5.17. The third-order valence-electron chi connectivity index (χ3n) is 6.64. The van der Waals surface area contributed by atoms with E-state index >= 15 is 0 Å². The highest BCUT2D eigenvalue weighted by Crippen LogP contribution is 2.62. The van der Waals surface area contributed by atoms with Gasteiger partial charge in [-0.05, 0) is 55.4 Å². The maximum absolute atomic E-state index is 12.5. The van der Waals surface area contributed by atoms with Crippen molar-refractivity contribution in [3.8, 4) is 5.75 Å². The highest BCUT2D eigenvalue weighted by molar-refractivity contribution is 5.96. The molecule has 0 bridgehead atoms. The molecule has 2 aliphatic rings. The van der Waals surface area contributed by atoms with Gasteiger partial charge in [-0.2, -0.15) is 5.10 Å². The summed E-state index contributed by atoms with van der Waals surface area (Å²) in [6, 6.07) is 12.1. The van der Waals surface area contributed by atoms with Crippen molar-refractivity contribution in [2.24, 2.45) is 5.41 Å². The summed E-state index contributed by atoms with van der Waals surface area (Å²) in [5.41, 5.74) is 1.62. The number of carbonyl (C=O) groups excluding carboxylic acids is 2. The standard InChI is InChI=1S/C23H22N4O4/c28-12-24-18-6-5-13(7-19(18)29)21(30)25-15-10-23(11-15)8-14(9-23)20-16-3-1-2-4-17(16)22(31)27-26-20/h1-7,12,14-15,29H,8-11H2,(H,24,28)(H,25,30)(H,27,31). The average Bonchev–Trinajstić information content (AvgIpc) is 2.71. The number of fused-ring (bicyclic) bond motifs is 1. The number of hydrogen-bond acceptors (Lipinski definition) is 5. The number of phenols is 1. The first-order chi connectivity index (χ1) is 15.0. The molecule has 1 spiro atoms. The number of phenolic OH excluding ortho intramolecular Hbond substituents is 1. The van der Waals surface area contributed by atoms with E-state index in [1.165, 1.54) is 12.1 Å². The number of aromatic amines is 1. The zero-order chi connectivity index (χ0) is 21.6. The van der Waals surface area contributed by atoms with Crippen molar-refractivity contribution >= 4 is 28.8 Å². The molecule has 8 heteroatoms. The monoisotopic (exact) mass is 418 g/mol. The molecule has 4 N–H and O–H groups in total. The van der Waals surface area contributed by atoms with Crippen LogP contribution in [0.2, 0.25) is 0 Å². The van der Waals surface area contributed by atoms with Gasteiger partial charge in [0.15, 0.2) is 0 Å². The van der Waals surface area contributed by atoms with Gasteiger partial charge in [0.1, 0.15) is 5.75 Å². The Morgan fingerprint density at radius 2 is 1.87 bits per heavy atom. The van der Waals surface area contributed by atoms with E-state index in [1.54, 1.807) is 6.07 Å². The second-order valence-corrected chi connectivity index (χ2v) is 8.66. The Balaban J connectivity index is 1.20. The largest absolute Gasteiger partial charge is 0.506 e. The van der Waals surface area contributed by atoms with Gasteiger partial charge in [-0.25, -0.2) is 5.10 Å². The van der Waals surface area contributed by atoms with Crippen molar-refractivity contribution in [3.63, 3.8) is 0 Å². The van der Waals surface area contributed by atoms with Gasteiger partial charge in [0.2, 0.25) is 6.41 Å². The summed E-state index contributed by atoms with van der Waals surface area (Å²) < 4.78 is 0. The van der Waals surface area contributed by atoms with Crippen LogP contribution in [-0.2, 0) is 4.79 Å². The van der Waals surface area contributed by atoms with Crippen molar-refractivity contribution in [3.05, 3.63) is 64.1 Å². The van der Waals surface area contributed by atoms with Crippen molar-refractivity contribution in [2.45, 2.75) is 37.6 Å². The van der Waals surface area contributed by atoms with Gasteiger partial charge in [-0.15, -0.1) is 0 Å². The first-order valence-electron chi connectivity index (χ1n) is 10.3. The molecule has 3 aromatic rings. The maximum atomic E-state index is 12.5. The zero-order valence-electron chi connectivity index (χ0n) is 16.7. The highest BCUT2D eigenvalue weighted by Gasteiger charge is 2.54. The van der Waals surface area contributed by atoms with Gasteiger partial charge < -0.3 is 15.7 Å². The van der Waals surface area contributed by atoms with E-state index in [0.29, 0.717) is 23.3 Å². The molecule has 2 amide bonds. The number of nitrogens with zero attached hydrogens (tertiary/aromatic N) is 1. The predicted molar refractivity (Wildman–Crippen MR) is 115 cm³/mol. The molecule has 1 heterocycles. The topological polar surface area (TPSA) is 124 Å². The van der Waals surface area contributed by atoms with E-state index in [-0.39, 0.29) is 34.4 Å². The minimum Gasteiger partial charge on any atom is -0.506 e. The Morgan fingerprint density at radius 3 is 2.58 bits per heavy atom. The number of nitrogens with one attached hydrogen (secondary N) is 3. The van der Waals surface area contributed by atoms with E-state index in [0.717, 1.165) is 36.8 Å². The van der Waals surface area contributed by atoms with E-state index < -0.39 is 0 Å². The summed E-state index contributed by atoms with van der Waals surface area (Å²) in [5.74, 6) is -0.0718. The summed E-state index contributed by atoms with van der Waals surface area (Å²) in [4.78, 5) is 35.0. The van der Waals surface area contributed by atoms with Crippen LogP contribution in [0.25, 0.3) is 10.8 Å². The van der Waals surface area contributed by atoms with Crippen LogP contribution < -0.4 is 16.2 Å². The van der Waals surface area contributed by atoms with Crippen molar-refractivity contribution in [2.75, 3.05) is 5.32 Å². The fraction of sp³-hybridized carbons (Fsp3) is 0.304. The van der Waals surface area contributed by atoms with Gasteiger partial charge >= 0.3 is 0 Å². The smallest absolute Gasteiger partial charge is 0.272 e. The summed E-state index contributed by atoms with van der Waals surface area (Å²) in [6.45, 7) is 0. The number of hydrogen-bond donors (Lipinski definition) is 4. The number of aromatic nitrogens is 2. The molecule has 2 saturated carbocycles. The van der Waals surface area contributed by atoms with Gasteiger partial charge in [0.05, 0.1) is 16.8 Å². The molecule has 0 saturated heterocycles. The Kier molecular flexibility index (Phi) is 4.50. The molecule has 5 rings (SSSR count). The van der Waals surface area contributed by atoms with E-state index in [9.17, 15) is 19.5 Å². The molecule has 2 aliphatic carbocycles. The van der Waals surface area contributed by atoms with Gasteiger partial charge in [-0.1, -0.05) is 18.2 Å². The van der Waals surface area contributed by atoms with Crippen LogP contribution in [0.15, 0.2) is 47.3 Å². The highest BCUT2D eigenvalue weighted by atomic mass is 16.3. The normalized spacial score (nSPS) is 24.3. The van der Waals surface area contributed by atoms with Crippen molar-refractivity contribution in [1.29, 1.82) is 0 Å². The molecule has 0 radical (unpaired) electrons. The number of rotatable bonds is 5. The molecule has 31 heavy (non-hydrogen) atoms. The lowest BCUT2D eigenvalue weighted by atomic mass is 9.49. The van der Waals surface area contributed by atoms with E-state index in [4.69, 9.17) is 0 Å². The third kappa shape index (κ3) is 3.34. The molecular formula is C23H22N4O4. The Bertz CT molecular complexity index is 1240. The average molecular weight is 418 g/mol. The van der Waals surface area contributed by atoms with Gasteiger partial charge in [0, 0.05) is 22.9 Å². The molecule has 0 unspecified atom stereocenters. The number of benzene rings is 2. The van der Waals surface area contributed by atoms with Crippen LogP contribution in [-0.4, -0.2) is 33.7 Å². The lowest BCUT2D eigenvalue weighted by Crippen LogP contribution is -2.55. The SMILES string of the molecule is O=CNc1ccc(C(=O)NC2CC3(C2)CC(c2n[nH]c(=O)c4ccccc24)C3)cc1O. The summed E-state index contributed by atoms with van der Waals surface area (Å²) in [6.07, 6.45) is 4.28. The van der Waals surface area contributed by atoms with E-state index in [1.807, 2.05) is 24.3 Å². The summed E-state index contributed by atoms with van der Waals surface area (Å²) >= 11 is 0. The molecule has 0 aliphatic heterocycles. The second-order valence-electron chi connectivity index (χ2n) is 8.66. The first-order valence-corrected chi connectivity index (χ1v) is 10.3. The van der Waals surface area contributed by atoms with Crippen LogP contribution in [0, 0.1) is 5.41 Å². The molecule has 0 atom stereocenters. The van der Waals surface area contributed by atoms with Crippen LogP contribution in [0.4, 0.5) is 5.69 Å². The predicted octanol–water partition coefficient (Wildman–Crippen LogP) is 2.65. The molecular weight excluding hydrogens is 396 g/mol. The number of carbonyl (C=O) groups is 2. The van der Waals surface area contributed by atoms with Crippen LogP contribution in [0.3, 0.4) is 0 Å². The minimum atomic E-state index is -0.239. The Labute approximate surface area is 177 Å². The molecule has 1 aromatic heterocycles. The lowest BCUT2D eigenvalue weighted by Gasteiger charge is -2.57. The van der Waals surface area contributed by atoms with Gasteiger partial charge in [0.25, 0.3) is 11.5 Å². The summed E-state index contributed by atoms with van der Waals surface area (Å²) in [7, 11) is 0. The first kappa shape index (κ1) is 19.3. The molecule has 2 aromatic carbocycles. The summed E-state index contributed by atoms with van der Waals surface area (Å²) in [5, 5.41) is 23.8. The minimum absolute atomic E-state index is 0.101. The van der Waals surface area contributed by atoms with Crippen LogP contribution >= 0.6 is 0 Å². The van der Waals surface area contributed by atoms with Crippen LogP contribution in [0.5, 0.6) is 5.75 Å². The maximum Gasteiger partial charge on any atom is 0.272 e. The third-order valence-corrected chi connectivity index (χ3v) is 6.64. The molecule has 2 fully saturated rings. The number of anilines is 1. The molecule has 8 nitrogen and oxygen atoms in total. The Morgan fingerprint density at radius 1 is 1.13 bits per heavy atom. The number of amides is 2. The molecule has 158 valence electrons.